The molecule has 0 bridgehead atoms. The van der Waals surface area contributed by atoms with Crippen LogP contribution in [0.25, 0.3) is 11.0 Å². The molecule has 2 rings (SSSR count). The van der Waals surface area contributed by atoms with Crippen molar-refractivity contribution >= 4 is 22.6 Å². The van der Waals surface area contributed by atoms with Gasteiger partial charge < -0.3 is 4.98 Å². The summed E-state index contributed by atoms with van der Waals surface area (Å²) in [4.78, 5) is 7.43. The Hall–Kier alpha value is -1.02. The molecule has 0 aromatic carbocycles. The maximum Gasteiger partial charge on any atom is 0.139 e. The van der Waals surface area contributed by atoms with Crippen LogP contribution in [0.3, 0.4) is 0 Å². The number of pyridine rings is 1. The predicted molar refractivity (Wildman–Crippen MR) is 55.1 cm³/mol. The average Bonchev–Trinajstić information content (AvgIpc) is 2.46. The SMILES string of the molecule is CCCc1cc2ccc(Cl)nc2[nH]1. The van der Waals surface area contributed by atoms with Crippen molar-refractivity contribution in [3.63, 3.8) is 0 Å². The van der Waals surface area contributed by atoms with Crippen molar-refractivity contribution in [1.82, 2.24) is 9.97 Å². The third kappa shape index (κ3) is 1.68. The van der Waals surface area contributed by atoms with Crippen LogP contribution in [0.15, 0.2) is 18.2 Å². The van der Waals surface area contributed by atoms with E-state index in [1.54, 1.807) is 0 Å². The van der Waals surface area contributed by atoms with Crippen molar-refractivity contribution in [2.45, 2.75) is 19.8 Å². The summed E-state index contributed by atoms with van der Waals surface area (Å²) >= 11 is 5.77. The number of aromatic nitrogens is 2. The quantitative estimate of drug-likeness (QED) is 0.731. The van der Waals surface area contributed by atoms with E-state index >= 15 is 0 Å². The number of nitrogens with zero attached hydrogens (tertiary/aromatic N) is 1. The molecule has 68 valence electrons. The first-order valence-electron chi connectivity index (χ1n) is 4.43. The minimum atomic E-state index is 0.539. The molecule has 2 aromatic rings. The minimum Gasteiger partial charge on any atom is -0.343 e. The van der Waals surface area contributed by atoms with E-state index in [9.17, 15) is 0 Å². The highest BCUT2D eigenvalue weighted by molar-refractivity contribution is 6.29. The number of hydrogen-bond donors (Lipinski definition) is 1. The molecule has 0 aliphatic rings. The van der Waals surface area contributed by atoms with Crippen LogP contribution in [0.4, 0.5) is 0 Å². The second kappa shape index (κ2) is 3.38. The first-order valence-corrected chi connectivity index (χ1v) is 4.81. The van der Waals surface area contributed by atoms with E-state index in [0.717, 1.165) is 23.9 Å². The second-order valence-electron chi connectivity index (χ2n) is 3.12. The second-order valence-corrected chi connectivity index (χ2v) is 3.50. The van der Waals surface area contributed by atoms with Crippen molar-refractivity contribution in [2.24, 2.45) is 0 Å². The minimum absolute atomic E-state index is 0.539. The molecule has 0 radical (unpaired) electrons. The Kier molecular flexibility index (Phi) is 2.23. The lowest BCUT2D eigenvalue weighted by Crippen LogP contribution is -1.81. The molecule has 13 heavy (non-hydrogen) atoms. The zero-order valence-corrected chi connectivity index (χ0v) is 8.23. The largest absolute Gasteiger partial charge is 0.343 e. The van der Waals surface area contributed by atoms with Gasteiger partial charge in [0, 0.05) is 11.1 Å². The Labute approximate surface area is 81.9 Å². The van der Waals surface area contributed by atoms with Crippen LogP contribution in [0.1, 0.15) is 19.0 Å². The first-order chi connectivity index (χ1) is 6.29. The Morgan fingerprint density at radius 2 is 2.31 bits per heavy atom. The van der Waals surface area contributed by atoms with Crippen molar-refractivity contribution < 1.29 is 0 Å². The van der Waals surface area contributed by atoms with Crippen LogP contribution in [0, 0.1) is 0 Å². The number of rotatable bonds is 2. The third-order valence-corrected chi connectivity index (χ3v) is 2.23. The molecule has 2 nitrogen and oxygen atoms in total. The highest BCUT2D eigenvalue weighted by Crippen LogP contribution is 2.16. The molecule has 0 aliphatic heterocycles. The smallest absolute Gasteiger partial charge is 0.139 e. The van der Waals surface area contributed by atoms with Crippen LogP contribution >= 0.6 is 11.6 Å². The molecule has 2 aromatic heterocycles. The summed E-state index contributed by atoms with van der Waals surface area (Å²) in [6.45, 7) is 2.16. The third-order valence-electron chi connectivity index (χ3n) is 2.02. The van der Waals surface area contributed by atoms with E-state index in [0.29, 0.717) is 5.15 Å². The molecule has 1 N–H and O–H groups in total. The number of aryl methyl sites for hydroxylation is 1. The van der Waals surface area contributed by atoms with Gasteiger partial charge in [0.2, 0.25) is 0 Å². The highest BCUT2D eigenvalue weighted by Gasteiger charge is 2.00. The molecule has 3 heteroatoms. The molecule has 0 unspecified atom stereocenters. The van der Waals surface area contributed by atoms with Crippen LogP contribution in [0.2, 0.25) is 5.15 Å². The standard InChI is InChI=1S/C10H11ClN2/c1-2-3-8-6-7-4-5-9(11)13-10(7)12-8/h4-6H,2-3H2,1H3,(H,12,13). The van der Waals surface area contributed by atoms with Crippen molar-refractivity contribution in [3.8, 4) is 0 Å². The summed E-state index contributed by atoms with van der Waals surface area (Å²) in [6.07, 6.45) is 2.20. The number of H-pyrrole nitrogens is 1. The zero-order valence-electron chi connectivity index (χ0n) is 7.47. The van der Waals surface area contributed by atoms with Crippen molar-refractivity contribution in [1.29, 1.82) is 0 Å². The van der Waals surface area contributed by atoms with Gasteiger partial charge in [-0.05, 0) is 24.6 Å². The fraction of sp³-hybridized carbons (Fsp3) is 0.300. The summed E-state index contributed by atoms with van der Waals surface area (Å²) < 4.78 is 0. The summed E-state index contributed by atoms with van der Waals surface area (Å²) in [5.41, 5.74) is 2.11. The molecule has 0 fully saturated rings. The maximum absolute atomic E-state index is 5.77. The molecule has 0 atom stereocenters. The monoisotopic (exact) mass is 194 g/mol. The number of halogens is 1. The zero-order chi connectivity index (χ0) is 9.26. The summed E-state index contributed by atoms with van der Waals surface area (Å²) in [7, 11) is 0. The molecule has 0 spiro atoms. The van der Waals surface area contributed by atoms with Crippen LogP contribution in [-0.2, 0) is 6.42 Å². The number of nitrogens with one attached hydrogen (secondary N) is 1. The molecule has 0 saturated carbocycles. The average molecular weight is 195 g/mol. The van der Waals surface area contributed by atoms with Crippen LogP contribution < -0.4 is 0 Å². The van der Waals surface area contributed by atoms with Gasteiger partial charge in [-0.2, -0.15) is 0 Å². The number of fused-ring (bicyclic) bond motifs is 1. The van der Waals surface area contributed by atoms with E-state index in [1.807, 2.05) is 12.1 Å². The van der Waals surface area contributed by atoms with Gasteiger partial charge in [-0.25, -0.2) is 4.98 Å². The Balaban J connectivity index is 2.49. The lowest BCUT2D eigenvalue weighted by Gasteiger charge is -1.89. The highest BCUT2D eigenvalue weighted by atomic mass is 35.5. The molecule has 0 aliphatic carbocycles. The van der Waals surface area contributed by atoms with E-state index in [-0.39, 0.29) is 0 Å². The Morgan fingerprint density at radius 3 is 3.08 bits per heavy atom. The number of aromatic amines is 1. The topological polar surface area (TPSA) is 28.7 Å². The predicted octanol–water partition coefficient (Wildman–Crippen LogP) is 3.17. The van der Waals surface area contributed by atoms with Gasteiger partial charge in [0.15, 0.2) is 0 Å². The normalized spacial score (nSPS) is 10.9. The Morgan fingerprint density at radius 1 is 1.46 bits per heavy atom. The fourth-order valence-electron chi connectivity index (χ4n) is 1.44. The summed E-state index contributed by atoms with van der Waals surface area (Å²) in [5, 5.41) is 1.67. The first kappa shape index (κ1) is 8.57. The van der Waals surface area contributed by atoms with E-state index in [1.165, 1.54) is 5.69 Å². The molecule has 2 heterocycles. The van der Waals surface area contributed by atoms with Gasteiger partial charge in [0.1, 0.15) is 10.8 Å². The molecular weight excluding hydrogens is 184 g/mol. The fourth-order valence-corrected chi connectivity index (χ4v) is 1.59. The van der Waals surface area contributed by atoms with Gasteiger partial charge in [-0.15, -0.1) is 0 Å². The lowest BCUT2D eigenvalue weighted by atomic mass is 10.2. The van der Waals surface area contributed by atoms with Gasteiger partial charge in [0.05, 0.1) is 0 Å². The summed E-state index contributed by atoms with van der Waals surface area (Å²) in [5.74, 6) is 0. The van der Waals surface area contributed by atoms with Gasteiger partial charge in [-0.1, -0.05) is 24.9 Å². The van der Waals surface area contributed by atoms with E-state index < -0.39 is 0 Å². The Bertz CT molecular complexity index is 420. The van der Waals surface area contributed by atoms with Crippen LogP contribution in [-0.4, -0.2) is 9.97 Å². The lowest BCUT2D eigenvalue weighted by molar-refractivity contribution is 0.895. The van der Waals surface area contributed by atoms with E-state index in [2.05, 4.69) is 23.0 Å². The maximum atomic E-state index is 5.77. The van der Waals surface area contributed by atoms with Crippen molar-refractivity contribution in [3.05, 3.63) is 29.0 Å². The number of hydrogen-bond acceptors (Lipinski definition) is 1. The summed E-state index contributed by atoms with van der Waals surface area (Å²) in [6, 6.07) is 5.93. The van der Waals surface area contributed by atoms with Crippen molar-refractivity contribution in [2.75, 3.05) is 0 Å². The van der Waals surface area contributed by atoms with E-state index in [4.69, 9.17) is 11.6 Å². The molecule has 0 saturated heterocycles. The van der Waals surface area contributed by atoms with Crippen LogP contribution in [0.5, 0.6) is 0 Å². The van der Waals surface area contributed by atoms with Gasteiger partial charge >= 0.3 is 0 Å². The molecular formula is C10H11ClN2. The van der Waals surface area contributed by atoms with Gasteiger partial charge in [0.25, 0.3) is 0 Å². The molecule has 0 amide bonds. The van der Waals surface area contributed by atoms with Gasteiger partial charge in [-0.3, -0.25) is 0 Å².